The van der Waals surface area contributed by atoms with Gasteiger partial charge in [0.1, 0.15) is 5.78 Å². The second-order valence-electron chi connectivity index (χ2n) is 4.94. The molecule has 0 spiro atoms. The Kier molecular flexibility index (Phi) is 2.93. The third-order valence-corrected chi connectivity index (χ3v) is 4.02. The largest absolute Gasteiger partial charge is 0.468 e. The van der Waals surface area contributed by atoms with Gasteiger partial charge in [-0.3, -0.25) is 14.4 Å². The third-order valence-electron chi connectivity index (χ3n) is 4.02. The van der Waals surface area contributed by atoms with E-state index in [-0.39, 0.29) is 17.6 Å². The van der Waals surface area contributed by atoms with Gasteiger partial charge in [-0.15, -0.1) is 0 Å². The number of carbonyl (C=O) groups is 3. The summed E-state index contributed by atoms with van der Waals surface area (Å²) in [6, 6.07) is 0. The zero-order chi connectivity index (χ0) is 12.6. The number of ether oxygens (including phenoxy) is 2. The predicted molar refractivity (Wildman–Crippen MR) is 56.9 cm³/mol. The summed E-state index contributed by atoms with van der Waals surface area (Å²) in [7, 11) is 2.54. The number of methoxy groups -OCH3 is 2. The summed E-state index contributed by atoms with van der Waals surface area (Å²) in [5.41, 5.74) is -1.18. The minimum Gasteiger partial charge on any atom is -0.468 e. The maximum atomic E-state index is 11.8. The number of carbonyl (C=O) groups excluding carboxylic acids is 3. The number of hydrogen-bond donors (Lipinski definition) is 0. The van der Waals surface area contributed by atoms with Gasteiger partial charge in [0.05, 0.1) is 14.2 Å². The first-order chi connectivity index (χ1) is 8.03. The molecule has 0 radical (unpaired) electrons. The molecule has 2 aliphatic carbocycles. The molecule has 2 rings (SSSR count). The van der Waals surface area contributed by atoms with Gasteiger partial charge in [0.15, 0.2) is 5.41 Å². The maximum Gasteiger partial charge on any atom is 0.323 e. The van der Waals surface area contributed by atoms with Crippen molar-refractivity contribution in [3.63, 3.8) is 0 Å². The van der Waals surface area contributed by atoms with E-state index in [1.165, 1.54) is 14.2 Å². The summed E-state index contributed by atoms with van der Waals surface area (Å²) < 4.78 is 9.46. The molecule has 0 N–H and O–H groups in total. The molecule has 2 saturated carbocycles. The first kappa shape index (κ1) is 12.1. The third kappa shape index (κ3) is 1.73. The average molecular weight is 240 g/mol. The Morgan fingerprint density at radius 2 is 1.47 bits per heavy atom. The molecule has 0 heterocycles. The molecule has 5 nitrogen and oxygen atoms in total. The van der Waals surface area contributed by atoms with Gasteiger partial charge < -0.3 is 9.47 Å². The van der Waals surface area contributed by atoms with Crippen LogP contribution in [0.1, 0.15) is 25.7 Å². The van der Waals surface area contributed by atoms with E-state index in [9.17, 15) is 14.4 Å². The number of rotatable bonds is 2. The molecule has 2 atom stereocenters. The van der Waals surface area contributed by atoms with Crippen LogP contribution in [0.15, 0.2) is 0 Å². The first-order valence-electron chi connectivity index (χ1n) is 5.72. The van der Waals surface area contributed by atoms with Crippen LogP contribution in [0.25, 0.3) is 0 Å². The van der Waals surface area contributed by atoms with Crippen LogP contribution in [0.2, 0.25) is 0 Å². The van der Waals surface area contributed by atoms with Gasteiger partial charge in [0, 0.05) is 12.8 Å². The summed E-state index contributed by atoms with van der Waals surface area (Å²) in [5, 5.41) is 0. The van der Waals surface area contributed by atoms with Gasteiger partial charge in [-0.25, -0.2) is 0 Å². The van der Waals surface area contributed by atoms with E-state index in [0.29, 0.717) is 25.7 Å². The van der Waals surface area contributed by atoms with Gasteiger partial charge >= 0.3 is 11.9 Å². The summed E-state index contributed by atoms with van der Waals surface area (Å²) in [5.74, 6) is -0.595. The lowest BCUT2D eigenvalue weighted by Crippen LogP contribution is -2.39. The van der Waals surface area contributed by atoms with Gasteiger partial charge in [-0.1, -0.05) is 0 Å². The molecule has 5 heteroatoms. The van der Waals surface area contributed by atoms with Gasteiger partial charge in [-0.05, 0) is 24.7 Å². The molecule has 0 aromatic carbocycles. The molecular formula is C12H16O5. The van der Waals surface area contributed by atoms with Crippen LogP contribution in [0, 0.1) is 17.3 Å². The van der Waals surface area contributed by atoms with E-state index in [4.69, 9.17) is 9.47 Å². The second-order valence-corrected chi connectivity index (χ2v) is 4.94. The van der Waals surface area contributed by atoms with Crippen LogP contribution in [0.4, 0.5) is 0 Å². The number of ketones is 1. The molecule has 94 valence electrons. The van der Waals surface area contributed by atoms with E-state index < -0.39 is 17.4 Å². The Labute approximate surface area is 99.5 Å². The topological polar surface area (TPSA) is 69.7 Å². The van der Waals surface area contributed by atoms with Crippen LogP contribution in [0.3, 0.4) is 0 Å². The fourth-order valence-electron chi connectivity index (χ4n) is 3.27. The number of Topliss-reactive ketones (excluding diaryl/α,β-unsaturated/α-hetero) is 1. The molecule has 17 heavy (non-hydrogen) atoms. The standard InChI is InChI=1S/C12H16O5/c1-16-10(14)12(11(15)17-2)5-7-3-9(13)4-8(7)6-12/h7-8H,3-6H2,1-2H3. The van der Waals surface area contributed by atoms with Crippen molar-refractivity contribution in [2.24, 2.45) is 17.3 Å². The highest BCUT2D eigenvalue weighted by Gasteiger charge is 2.59. The molecular weight excluding hydrogens is 224 g/mol. The van der Waals surface area contributed by atoms with E-state index in [0.717, 1.165) is 0 Å². The number of hydrogen-bond acceptors (Lipinski definition) is 5. The number of esters is 2. The van der Waals surface area contributed by atoms with Gasteiger partial charge in [0.2, 0.25) is 0 Å². The number of fused-ring (bicyclic) bond motifs is 1. The molecule has 0 amide bonds. The van der Waals surface area contributed by atoms with Crippen LogP contribution in [0.5, 0.6) is 0 Å². The molecule has 2 unspecified atom stereocenters. The summed E-state index contributed by atoms with van der Waals surface area (Å²) in [6.07, 6.45) is 1.70. The summed E-state index contributed by atoms with van der Waals surface area (Å²) in [4.78, 5) is 35.0. The molecule has 0 aliphatic heterocycles. The molecule has 0 saturated heterocycles. The summed E-state index contributed by atoms with van der Waals surface area (Å²) in [6.45, 7) is 0. The van der Waals surface area contributed by atoms with Crippen LogP contribution in [-0.2, 0) is 23.9 Å². The van der Waals surface area contributed by atoms with Crippen molar-refractivity contribution in [1.29, 1.82) is 0 Å². The maximum absolute atomic E-state index is 11.8. The van der Waals surface area contributed by atoms with Gasteiger partial charge in [-0.2, -0.15) is 0 Å². The smallest absolute Gasteiger partial charge is 0.323 e. The van der Waals surface area contributed by atoms with E-state index >= 15 is 0 Å². The van der Waals surface area contributed by atoms with Crippen molar-refractivity contribution in [2.45, 2.75) is 25.7 Å². The zero-order valence-electron chi connectivity index (χ0n) is 10.0. The lowest BCUT2D eigenvalue weighted by Gasteiger charge is -2.23. The Hall–Kier alpha value is -1.39. The summed E-state index contributed by atoms with van der Waals surface area (Å²) >= 11 is 0. The SMILES string of the molecule is COC(=O)C1(C(=O)OC)CC2CC(=O)CC2C1. The van der Waals surface area contributed by atoms with E-state index in [2.05, 4.69) is 0 Å². The Balaban J connectivity index is 2.25. The quantitative estimate of drug-likeness (QED) is 0.525. The highest BCUT2D eigenvalue weighted by atomic mass is 16.5. The van der Waals surface area contributed by atoms with Crippen molar-refractivity contribution in [3.8, 4) is 0 Å². The molecule has 0 bridgehead atoms. The fraction of sp³-hybridized carbons (Fsp3) is 0.750. The van der Waals surface area contributed by atoms with E-state index in [1.54, 1.807) is 0 Å². The van der Waals surface area contributed by atoms with Gasteiger partial charge in [0.25, 0.3) is 0 Å². The minimum absolute atomic E-state index is 0.126. The monoisotopic (exact) mass is 240 g/mol. The fourth-order valence-corrected chi connectivity index (χ4v) is 3.27. The van der Waals surface area contributed by atoms with Crippen molar-refractivity contribution >= 4 is 17.7 Å². The van der Waals surface area contributed by atoms with Crippen molar-refractivity contribution in [2.75, 3.05) is 14.2 Å². The van der Waals surface area contributed by atoms with E-state index in [1.807, 2.05) is 0 Å². The first-order valence-corrected chi connectivity index (χ1v) is 5.72. The minimum atomic E-state index is -1.18. The molecule has 0 aromatic rings. The second kappa shape index (κ2) is 4.13. The normalized spacial score (nSPS) is 29.9. The lowest BCUT2D eigenvalue weighted by molar-refractivity contribution is -0.169. The van der Waals surface area contributed by atoms with Crippen LogP contribution >= 0.6 is 0 Å². The highest BCUT2D eigenvalue weighted by molar-refractivity contribution is 6.01. The van der Waals surface area contributed by atoms with Crippen molar-refractivity contribution < 1.29 is 23.9 Å². The Morgan fingerprint density at radius 3 is 1.82 bits per heavy atom. The molecule has 2 fully saturated rings. The predicted octanol–water partition coefficient (Wildman–Crippen LogP) is 0.708. The average Bonchev–Trinajstić information content (AvgIpc) is 2.81. The molecule has 2 aliphatic rings. The Bertz CT molecular complexity index is 339. The molecule has 0 aromatic heterocycles. The van der Waals surface area contributed by atoms with Crippen LogP contribution < -0.4 is 0 Å². The van der Waals surface area contributed by atoms with Crippen LogP contribution in [-0.4, -0.2) is 31.9 Å². The van der Waals surface area contributed by atoms with Crippen molar-refractivity contribution in [3.05, 3.63) is 0 Å². The van der Waals surface area contributed by atoms with Crippen molar-refractivity contribution in [1.82, 2.24) is 0 Å². The zero-order valence-corrected chi connectivity index (χ0v) is 10.0. The Morgan fingerprint density at radius 1 is 1.06 bits per heavy atom. The lowest BCUT2D eigenvalue weighted by atomic mass is 9.83. The highest BCUT2D eigenvalue weighted by Crippen LogP contribution is 2.53.